The Kier molecular flexibility index (Phi) is 5.24. The summed E-state index contributed by atoms with van der Waals surface area (Å²) in [5.74, 6) is 1.89. The van der Waals surface area contributed by atoms with E-state index in [1.165, 1.54) is 0 Å². The van der Waals surface area contributed by atoms with Crippen LogP contribution in [0.15, 0.2) is 40.9 Å². The number of hydrogen-bond donors (Lipinski definition) is 1. The molecule has 0 heterocycles. The Morgan fingerprint density at radius 1 is 1.00 bits per heavy atom. The van der Waals surface area contributed by atoms with Gasteiger partial charge in [0.25, 0.3) is 0 Å². The molecule has 0 bridgehead atoms. The van der Waals surface area contributed by atoms with Crippen molar-refractivity contribution in [3.8, 4) is 17.2 Å². The van der Waals surface area contributed by atoms with Crippen molar-refractivity contribution in [1.29, 1.82) is 0 Å². The lowest BCUT2D eigenvalue weighted by molar-refractivity contribution is 0.396. The Morgan fingerprint density at radius 3 is 2.52 bits per heavy atom. The molecule has 0 unspecified atom stereocenters. The summed E-state index contributed by atoms with van der Waals surface area (Å²) < 4.78 is 38.4. The molecule has 0 fully saturated rings. The van der Waals surface area contributed by atoms with Gasteiger partial charge in [-0.3, -0.25) is 0 Å². The quantitative estimate of drug-likeness (QED) is 0.704. The van der Waals surface area contributed by atoms with E-state index in [2.05, 4.69) is 21.2 Å². The van der Waals surface area contributed by atoms with Crippen LogP contribution in [-0.2, 0) is 13.0 Å². The highest BCUT2D eigenvalue weighted by molar-refractivity contribution is 9.10. The van der Waals surface area contributed by atoms with Crippen LogP contribution >= 0.6 is 15.9 Å². The fourth-order valence-corrected chi connectivity index (χ4v) is 2.80. The van der Waals surface area contributed by atoms with Crippen molar-refractivity contribution < 1.29 is 18.3 Å². The second-order valence-electron chi connectivity index (χ2n) is 4.94. The van der Waals surface area contributed by atoms with Crippen molar-refractivity contribution in [1.82, 2.24) is 5.32 Å². The molecule has 0 aliphatic carbocycles. The van der Waals surface area contributed by atoms with Gasteiger partial charge in [-0.25, -0.2) is 0 Å². The summed E-state index contributed by atoms with van der Waals surface area (Å²) in [6.07, 6.45) is 0.731. The normalized spacial score (nSPS) is 12.9. The molecule has 0 saturated carbocycles. The molecule has 2 rings (SSSR count). The van der Waals surface area contributed by atoms with E-state index in [-0.39, 0.29) is 0 Å². The molecule has 1 N–H and O–H groups in total. The second-order valence-corrected chi connectivity index (χ2v) is 5.79. The minimum Gasteiger partial charge on any atom is -0.496 e. The number of para-hydroxylation sites is 1. The second kappa shape index (κ2) is 8.79. The zero-order valence-electron chi connectivity index (χ0n) is 16.2. The molecule has 5 heteroatoms. The van der Waals surface area contributed by atoms with Crippen LogP contribution in [0, 0.1) is 0 Å². The Labute approximate surface area is 150 Å². The van der Waals surface area contributed by atoms with Crippen LogP contribution < -0.4 is 19.5 Å². The van der Waals surface area contributed by atoms with Crippen molar-refractivity contribution in [2.45, 2.75) is 13.0 Å². The van der Waals surface area contributed by atoms with Gasteiger partial charge in [-0.05, 0) is 52.7 Å². The molecule has 0 saturated heterocycles. The van der Waals surface area contributed by atoms with E-state index in [4.69, 9.17) is 18.3 Å². The van der Waals surface area contributed by atoms with Crippen molar-refractivity contribution in [2.24, 2.45) is 0 Å². The summed E-state index contributed by atoms with van der Waals surface area (Å²) in [6.45, 7) is 1.19. The summed E-state index contributed by atoms with van der Waals surface area (Å²) in [7, 11) is 0.793. The van der Waals surface area contributed by atoms with E-state index in [1.54, 1.807) is 26.4 Å². The van der Waals surface area contributed by atoms with Crippen molar-refractivity contribution in [2.75, 3.05) is 27.8 Å². The Morgan fingerprint density at radius 2 is 1.78 bits per heavy atom. The largest absolute Gasteiger partial charge is 0.496 e. The standard InChI is InChI=1S/C18H22BrNO3/c1-21-16-7-5-4-6-14(16)12-20-9-8-13-10-18(23-3)15(19)11-17(13)22-2/h4-7,10-11,20H,8-9,12H2,1-3H3/i1D3. The monoisotopic (exact) mass is 382 g/mol. The predicted molar refractivity (Wildman–Crippen MR) is 95.7 cm³/mol. The van der Waals surface area contributed by atoms with Crippen LogP contribution in [0.2, 0.25) is 0 Å². The molecule has 4 nitrogen and oxygen atoms in total. The zero-order valence-corrected chi connectivity index (χ0v) is 14.8. The lowest BCUT2D eigenvalue weighted by Gasteiger charge is -2.13. The molecular formula is C18H22BrNO3. The molecular weight excluding hydrogens is 358 g/mol. The van der Waals surface area contributed by atoms with Gasteiger partial charge in [0.05, 0.1) is 29.8 Å². The fourth-order valence-electron chi connectivity index (χ4n) is 2.31. The zero-order chi connectivity index (χ0) is 19.2. The highest BCUT2D eigenvalue weighted by Gasteiger charge is 2.09. The van der Waals surface area contributed by atoms with Gasteiger partial charge in [0, 0.05) is 12.1 Å². The van der Waals surface area contributed by atoms with Gasteiger partial charge in [0.2, 0.25) is 0 Å². The van der Waals surface area contributed by atoms with Crippen molar-refractivity contribution >= 4 is 15.9 Å². The SMILES string of the molecule is [2H]C([2H])([2H])Oc1ccccc1CNCCc1cc(OC)c(Br)cc1OC. The number of halogens is 1. The maximum Gasteiger partial charge on any atom is 0.133 e. The summed E-state index contributed by atoms with van der Waals surface area (Å²) in [4.78, 5) is 0. The highest BCUT2D eigenvalue weighted by atomic mass is 79.9. The van der Waals surface area contributed by atoms with Gasteiger partial charge in [0.1, 0.15) is 17.2 Å². The van der Waals surface area contributed by atoms with Crippen LogP contribution in [0.3, 0.4) is 0 Å². The predicted octanol–water partition coefficient (Wildman–Crippen LogP) is 3.81. The first-order chi connectivity index (χ1) is 12.3. The average Bonchev–Trinajstić information content (AvgIpc) is 2.59. The number of benzene rings is 2. The number of rotatable bonds is 8. The number of nitrogens with one attached hydrogen (secondary N) is 1. The lowest BCUT2D eigenvalue weighted by Crippen LogP contribution is -2.17. The van der Waals surface area contributed by atoms with E-state index in [9.17, 15) is 0 Å². The first-order valence-corrected chi connectivity index (χ1v) is 8.01. The maximum atomic E-state index is 7.25. The van der Waals surface area contributed by atoms with Gasteiger partial charge < -0.3 is 19.5 Å². The Hall–Kier alpha value is -1.72. The maximum absolute atomic E-state index is 7.25. The third-order valence-corrected chi connectivity index (χ3v) is 4.14. The molecule has 2 aromatic carbocycles. The molecule has 0 aromatic heterocycles. The minimum absolute atomic E-state index is 0.364. The van der Waals surface area contributed by atoms with E-state index in [0.29, 0.717) is 18.8 Å². The van der Waals surface area contributed by atoms with Gasteiger partial charge in [-0.15, -0.1) is 0 Å². The van der Waals surface area contributed by atoms with Crippen LogP contribution in [0.25, 0.3) is 0 Å². The summed E-state index contributed by atoms with van der Waals surface area (Å²) in [5, 5.41) is 3.31. The third kappa shape index (κ3) is 4.62. The number of hydrogen-bond acceptors (Lipinski definition) is 4. The van der Waals surface area contributed by atoms with Gasteiger partial charge in [0.15, 0.2) is 0 Å². The molecule has 0 aliphatic rings. The fraction of sp³-hybridized carbons (Fsp3) is 0.333. The van der Waals surface area contributed by atoms with Crippen molar-refractivity contribution in [3.05, 3.63) is 52.0 Å². The summed E-state index contributed by atoms with van der Waals surface area (Å²) in [5.41, 5.74) is 1.82. The molecule has 124 valence electrons. The van der Waals surface area contributed by atoms with E-state index >= 15 is 0 Å². The first kappa shape index (κ1) is 13.7. The first-order valence-electron chi connectivity index (χ1n) is 8.72. The average molecular weight is 383 g/mol. The molecule has 0 amide bonds. The van der Waals surface area contributed by atoms with E-state index in [1.807, 2.05) is 24.3 Å². The number of ether oxygens (including phenoxy) is 3. The Bertz CT molecular complexity index is 738. The van der Waals surface area contributed by atoms with Crippen LogP contribution in [0.5, 0.6) is 17.2 Å². The molecule has 0 spiro atoms. The molecule has 0 aliphatic heterocycles. The molecule has 23 heavy (non-hydrogen) atoms. The molecule has 0 atom stereocenters. The topological polar surface area (TPSA) is 39.7 Å². The lowest BCUT2D eigenvalue weighted by atomic mass is 10.1. The van der Waals surface area contributed by atoms with Crippen LogP contribution in [0.1, 0.15) is 15.2 Å². The third-order valence-electron chi connectivity index (χ3n) is 3.52. The van der Waals surface area contributed by atoms with Crippen LogP contribution in [-0.4, -0.2) is 27.8 Å². The van der Waals surface area contributed by atoms with Gasteiger partial charge in [-0.2, -0.15) is 0 Å². The minimum atomic E-state index is -2.46. The van der Waals surface area contributed by atoms with E-state index < -0.39 is 7.04 Å². The summed E-state index contributed by atoms with van der Waals surface area (Å²) in [6, 6.07) is 10.9. The highest BCUT2D eigenvalue weighted by Crippen LogP contribution is 2.32. The van der Waals surface area contributed by atoms with Gasteiger partial charge in [-0.1, -0.05) is 18.2 Å². The Balaban J connectivity index is 1.98. The number of methoxy groups -OCH3 is 3. The molecule has 2 aromatic rings. The van der Waals surface area contributed by atoms with Crippen molar-refractivity contribution in [3.63, 3.8) is 0 Å². The van der Waals surface area contributed by atoms with Crippen LogP contribution in [0.4, 0.5) is 0 Å². The van der Waals surface area contributed by atoms with E-state index in [0.717, 1.165) is 33.5 Å². The van der Waals surface area contributed by atoms with Gasteiger partial charge >= 0.3 is 0 Å². The smallest absolute Gasteiger partial charge is 0.133 e. The summed E-state index contributed by atoms with van der Waals surface area (Å²) >= 11 is 3.45. The molecule has 0 radical (unpaired) electrons.